The first-order valence-corrected chi connectivity index (χ1v) is 18.3. The summed E-state index contributed by atoms with van der Waals surface area (Å²) in [4.78, 5) is 83.1. The molecule has 3 N–H and O–H groups in total. The third-order valence-electron chi connectivity index (χ3n) is 8.95. The summed E-state index contributed by atoms with van der Waals surface area (Å²) < 4.78 is 0. The topological polar surface area (TPSA) is 173 Å². The lowest BCUT2D eigenvalue weighted by molar-refractivity contribution is -0.134. The summed E-state index contributed by atoms with van der Waals surface area (Å²) in [5.74, 6) is -4.16. The summed E-state index contributed by atoms with van der Waals surface area (Å²) in [5.41, 5.74) is 2.97. The van der Waals surface area contributed by atoms with Crippen LogP contribution in [0.4, 0.5) is 0 Å². The van der Waals surface area contributed by atoms with Gasteiger partial charge in [-0.15, -0.1) is 0 Å². The van der Waals surface area contributed by atoms with Crippen LogP contribution in [0.5, 0.6) is 0 Å². The van der Waals surface area contributed by atoms with Crippen LogP contribution in [0, 0.1) is 17.8 Å². The molecule has 12 nitrogen and oxygen atoms in total. The van der Waals surface area contributed by atoms with E-state index >= 15 is 0 Å². The number of hydrogen-bond acceptors (Lipinski definition) is 6. The summed E-state index contributed by atoms with van der Waals surface area (Å²) in [7, 11) is 0. The van der Waals surface area contributed by atoms with Crippen LogP contribution in [-0.2, 0) is 53.7 Å². The zero-order valence-corrected chi connectivity index (χ0v) is 31.9. The molecule has 4 rings (SSSR count). The summed E-state index contributed by atoms with van der Waals surface area (Å²) in [6.07, 6.45) is 0.589. The van der Waals surface area contributed by atoms with Crippen molar-refractivity contribution in [3.05, 3.63) is 105 Å². The predicted octanol–water partition coefficient (Wildman–Crippen LogP) is 6.82. The van der Waals surface area contributed by atoms with Crippen LogP contribution in [0.15, 0.2) is 54.6 Å². The fourth-order valence-corrected chi connectivity index (χ4v) is 6.66. The van der Waals surface area contributed by atoms with Crippen molar-refractivity contribution < 1.29 is 44.1 Å². The molecule has 0 radical (unpaired) electrons. The Kier molecular flexibility index (Phi) is 13.7. The van der Waals surface area contributed by atoms with E-state index < -0.39 is 17.9 Å². The molecular formula is C42H51N3O9. The lowest BCUT2D eigenvalue weighted by Crippen LogP contribution is -2.33. The molecule has 3 aromatic carbocycles. The molecule has 288 valence electrons. The average molecular weight is 742 g/mol. The third-order valence-corrected chi connectivity index (χ3v) is 8.95. The van der Waals surface area contributed by atoms with Crippen molar-refractivity contribution in [1.29, 1.82) is 0 Å². The second-order valence-electron chi connectivity index (χ2n) is 15.6. The highest BCUT2D eigenvalue weighted by atomic mass is 16.4. The monoisotopic (exact) mass is 741 g/mol. The molecule has 12 heteroatoms. The van der Waals surface area contributed by atoms with E-state index in [2.05, 4.69) is 0 Å². The second-order valence-corrected chi connectivity index (χ2v) is 15.6. The largest absolute Gasteiger partial charge is 0.478 e. The van der Waals surface area contributed by atoms with E-state index in [1.807, 2.05) is 41.5 Å². The van der Waals surface area contributed by atoms with Crippen molar-refractivity contribution >= 4 is 35.6 Å². The van der Waals surface area contributed by atoms with Gasteiger partial charge in [0.2, 0.25) is 17.7 Å². The number of amides is 3. The number of carbonyl (C=O) groups is 6. The smallest absolute Gasteiger partial charge is 0.335 e. The molecule has 1 heterocycles. The SMILES string of the molecule is CC(C)CC(=O)N1Cc2cc(cc(C(=O)O)c2)CN(C(=O)CC(C)C)Cc2cc(cc(C(=O)O)c2)CN(C(=O)CC(C)C)Cc2cc(cc(C(=O)O)c2)C1. The highest BCUT2D eigenvalue weighted by Gasteiger charge is 2.24. The van der Waals surface area contributed by atoms with E-state index in [0.29, 0.717) is 33.4 Å². The number of rotatable bonds is 9. The Hall–Kier alpha value is -5.52. The number of benzene rings is 3. The van der Waals surface area contributed by atoms with Gasteiger partial charge < -0.3 is 30.0 Å². The van der Waals surface area contributed by atoms with Gasteiger partial charge in [-0.05, 0) is 87.5 Å². The number of fused-ring (bicyclic) bond motifs is 6. The van der Waals surface area contributed by atoms with Crippen LogP contribution in [0.25, 0.3) is 0 Å². The summed E-state index contributed by atoms with van der Waals surface area (Å²) >= 11 is 0. The van der Waals surface area contributed by atoms with E-state index in [1.165, 1.54) is 36.4 Å². The Bertz CT molecular complexity index is 1630. The standard InChI is InChI=1S/C42H51N3O9/c1-25(2)7-37(46)43-19-28-10-30(15-34(13-28)40(49)50)21-44(38(47)8-26(3)4)23-32-12-33(18-36(17-32)42(53)54)24-45(39(48)9-27(5)6)22-31-11-29(20-43)14-35(16-31)41(51)52/h10-18,25-27H,7-9,19-24H2,1-6H3,(H,49,50)(H,51,52)(H,53,54). The van der Waals surface area contributed by atoms with Gasteiger partial charge in [0.1, 0.15) is 0 Å². The molecular weight excluding hydrogens is 690 g/mol. The van der Waals surface area contributed by atoms with Crippen molar-refractivity contribution in [2.45, 2.75) is 100 Å². The summed E-state index contributed by atoms with van der Waals surface area (Å²) in [6, 6.07) is 14.2. The molecule has 0 saturated carbocycles. The van der Waals surface area contributed by atoms with E-state index in [-0.39, 0.29) is 111 Å². The van der Waals surface area contributed by atoms with Gasteiger partial charge in [-0.3, -0.25) is 14.4 Å². The van der Waals surface area contributed by atoms with Gasteiger partial charge in [0.05, 0.1) is 16.7 Å². The number of carbonyl (C=O) groups excluding carboxylic acids is 3. The van der Waals surface area contributed by atoms with Crippen molar-refractivity contribution in [1.82, 2.24) is 14.7 Å². The van der Waals surface area contributed by atoms with Gasteiger partial charge in [0, 0.05) is 58.5 Å². The van der Waals surface area contributed by atoms with Gasteiger partial charge >= 0.3 is 17.9 Å². The minimum atomic E-state index is -1.19. The normalized spacial score (nSPS) is 13.8. The van der Waals surface area contributed by atoms with Crippen molar-refractivity contribution in [3.63, 3.8) is 0 Å². The lowest BCUT2D eigenvalue weighted by atomic mass is 10.00. The number of nitrogens with zero attached hydrogens (tertiary/aromatic N) is 3. The van der Waals surface area contributed by atoms with E-state index in [9.17, 15) is 44.1 Å². The summed E-state index contributed by atoms with van der Waals surface area (Å²) in [5, 5.41) is 30.3. The van der Waals surface area contributed by atoms with Crippen molar-refractivity contribution in [2.75, 3.05) is 0 Å². The average Bonchev–Trinajstić information content (AvgIpc) is 3.05. The molecule has 0 spiro atoms. The quantitative estimate of drug-likeness (QED) is 0.213. The van der Waals surface area contributed by atoms with Crippen molar-refractivity contribution in [2.24, 2.45) is 17.8 Å². The van der Waals surface area contributed by atoms with Gasteiger partial charge in [0.15, 0.2) is 0 Å². The molecule has 54 heavy (non-hydrogen) atoms. The highest BCUT2D eigenvalue weighted by molar-refractivity contribution is 5.89. The fourth-order valence-electron chi connectivity index (χ4n) is 6.66. The number of carboxylic acid groups (broad SMARTS) is 3. The Morgan fingerprint density at radius 3 is 0.741 bits per heavy atom. The number of aromatic carboxylic acids is 3. The molecule has 0 fully saturated rings. The zero-order chi connectivity index (χ0) is 39.9. The van der Waals surface area contributed by atoms with Gasteiger partial charge in [0.25, 0.3) is 0 Å². The van der Waals surface area contributed by atoms with Crippen LogP contribution in [0.3, 0.4) is 0 Å². The Balaban J connectivity index is 1.98. The first-order chi connectivity index (χ1) is 25.4. The first-order valence-electron chi connectivity index (χ1n) is 18.3. The number of carboxylic acids is 3. The molecule has 0 unspecified atom stereocenters. The third kappa shape index (κ3) is 11.7. The van der Waals surface area contributed by atoms with Crippen LogP contribution >= 0.6 is 0 Å². The van der Waals surface area contributed by atoms with Crippen LogP contribution in [0.2, 0.25) is 0 Å². The van der Waals surface area contributed by atoms with Crippen LogP contribution < -0.4 is 0 Å². The van der Waals surface area contributed by atoms with Crippen LogP contribution in [-0.4, -0.2) is 65.6 Å². The molecule has 0 atom stereocenters. The van der Waals surface area contributed by atoms with Crippen molar-refractivity contribution in [3.8, 4) is 0 Å². The van der Waals surface area contributed by atoms with Crippen LogP contribution in [0.1, 0.15) is 125 Å². The Morgan fingerprint density at radius 1 is 0.407 bits per heavy atom. The predicted molar refractivity (Wildman–Crippen MR) is 201 cm³/mol. The molecule has 0 saturated heterocycles. The molecule has 3 amide bonds. The summed E-state index contributed by atoms with van der Waals surface area (Å²) in [6.45, 7) is 11.5. The maximum atomic E-state index is 13.8. The first kappa shape index (κ1) is 41.2. The second kappa shape index (κ2) is 18.0. The van der Waals surface area contributed by atoms with E-state index in [1.54, 1.807) is 32.9 Å². The maximum absolute atomic E-state index is 13.8. The highest BCUT2D eigenvalue weighted by Crippen LogP contribution is 2.25. The molecule has 0 aromatic heterocycles. The van der Waals surface area contributed by atoms with E-state index in [0.717, 1.165) is 0 Å². The van der Waals surface area contributed by atoms with Gasteiger partial charge in [-0.1, -0.05) is 59.7 Å². The number of hydrogen-bond donors (Lipinski definition) is 3. The van der Waals surface area contributed by atoms with Gasteiger partial charge in [-0.25, -0.2) is 14.4 Å². The van der Waals surface area contributed by atoms with E-state index in [4.69, 9.17) is 0 Å². The molecule has 6 bridgehead atoms. The molecule has 1 aliphatic heterocycles. The molecule has 0 aliphatic carbocycles. The van der Waals surface area contributed by atoms with Gasteiger partial charge in [-0.2, -0.15) is 0 Å². The molecule has 3 aromatic rings. The maximum Gasteiger partial charge on any atom is 0.335 e. The fraction of sp³-hybridized carbons (Fsp3) is 0.429. The molecule has 1 aliphatic rings. The zero-order valence-electron chi connectivity index (χ0n) is 31.9. The minimum absolute atomic E-state index is 0.00665. The lowest BCUT2D eigenvalue weighted by Gasteiger charge is -2.28. The Labute approximate surface area is 316 Å². The Morgan fingerprint density at radius 2 is 0.593 bits per heavy atom. The minimum Gasteiger partial charge on any atom is -0.478 e.